The van der Waals surface area contributed by atoms with Crippen LogP contribution in [-0.4, -0.2) is 30.6 Å². The Morgan fingerprint density at radius 3 is 2.47 bits per heavy atom. The van der Waals surface area contributed by atoms with Crippen molar-refractivity contribution in [3.63, 3.8) is 0 Å². The number of hydrogen-bond donors (Lipinski definition) is 0. The number of ether oxygens (including phenoxy) is 2. The SMILES string of the molecule is CCCCN1C(=O)c2oc3cc(C)cc(C)c3c(=O)c2C1c1ccc(OCCC)c(OCC)c1. The summed E-state index contributed by atoms with van der Waals surface area (Å²) in [5.74, 6) is 1.18. The second kappa shape index (κ2) is 9.92. The van der Waals surface area contributed by atoms with E-state index in [2.05, 4.69) is 13.8 Å². The normalized spacial score (nSPS) is 15.1. The molecule has 0 fully saturated rings. The second-order valence-electron chi connectivity index (χ2n) is 8.87. The number of unbranched alkanes of at least 4 members (excludes halogenated alkanes) is 1. The van der Waals surface area contributed by atoms with Gasteiger partial charge in [-0.2, -0.15) is 0 Å². The molecule has 0 radical (unpaired) electrons. The van der Waals surface area contributed by atoms with Gasteiger partial charge in [0.25, 0.3) is 5.91 Å². The third kappa shape index (κ3) is 4.17. The first-order chi connectivity index (χ1) is 16.4. The Morgan fingerprint density at radius 1 is 0.971 bits per heavy atom. The zero-order valence-corrected chi connectivity index (χ0v) is 20.7. The summed E-state index contributed by atoms with van der Waals surface area (Å²) in [7, 11) is 0. The van der Waals surface area contributed by atoms with Crippen molar-refractivity contribution < 1.29 is 18.7 Å². The molecule has 0 spiro atoms. The van der Waals surface area contributed by atoms with Crippen LogP contribution < -0.4 is 14.9 Å². The summed E-state index contributed by atoms with van der Waals surface area (Å²) >= 11 is 0. The monoisotopic (exact) mass is 463 g/mol. The van der Waals surface area contributed by atoms with Crippen molar-refractivity contribution >= 4 is 16.9 Å². The molecule has 4 rings (SSSR count). The summed E-state index contributed by atoms with van der Waals surface area (Å²) in [6.07, 6.45) is 2.65. The van der Waals surface area contributed by atoms with Crippen LogP contribution in [0.15, 0.2) is 39.5 Å². The van der Waals surface area contributed by atoms with E-state index < -0.39 is 6.04 Å². The van der Waals surface area contributed by atoms with Crippen LogP contribution in [0, 0.1) is 13.8 Å². The molecule has 0 bridgehead atoms. The molecule has 1 unspecified atom stereocenters. The maximum absolute atomic E-state index is 13.8. The van der Waals surface area contributed by atoms with Crippen molar-refractivity contribution in [2.24, 2.45) is 0 Å². The lowest BCUT2D eigenvalue weighted by Crippen LogP contribution is -2.30. The third-order valence-corrected chi connectivity index (χ3v) is 6.21. The molecule has 0 saturated heterocycles. The molecule has 1 aromatic heterocycles. The molecule has 1 atom stereocenters. The molecule has 1 aliphatic heterocycles. The first kappa shape index (κ1) is 23.9. The van der Waals surface area contributed by atoms with Crippen LogP contribution in [0.25, 0.3) is 11.0 Å². The van der Waals surface area contributed by atoms with E-state index in [1.165, 1.54) is 0 Å². The Bertz CT molecular complexity index is 1280. The molecule has 180 valence electrons. The van der Waals surface area contributed by atoms with Crippen molar-refractivity contribution in [3.05, 3.63) is 68.6 Å². The fraction of sp³-hybridized carbons (Fsp3) is 0.429. The van der Waals surface area contributed by atoms with Gasteiger partial charge in [0.2, 0.25) is 5.76 Å². The average molecular weight is 464 g/mol. The number of carbonyl (C=O) groups excluding carboxylic acids is 1. The lowest BCUT2D eigenvalue weighted by atomic mass is 9.96. The van der Waals surface area contributed by atoms with Crippen LogP contribution in [-0.2, 0) is 0 Å². The predicted molar refractivity (Wildman–Crippen MR) is 133 cm³/mol. The molecule has 0 aliphatic carbocycles. The van der Waals surface area contributed by atoms with Gasteiger partial charge < -0.3 is 18.8 Å². The molecular formula is C28H33NO5. The molecule has 6 heteroatoms. The first-order valence-corrected chi connectivity index (χ1v) is 12.2. The lowest BCUT2D eigenvalue weighted by Gasteiger charge is -2.26. The van der Waals surface area contributed by atoms with Crippen molar-refractivity contribution in [2.75, 3.05) is 19.8 Å². The summed E-state index contributed by atoms with van der Waals surface area (Å²) in [6, 6.07) is 8.95. The summed E-state index contributed by atoms with van der Waals surface area (Å²) < 4.78 is 17.9. The highest BCUT2D eigenvalue weighted by Gasteiger charge is 2.42. The van der Waals surface area contributed by atoms with Crippen LogP contribution in [0.5, 0.6) is 11.5 Å². The summed E-state index contributed by atoms with van der Waals surface area (Å²) in [5, 5.41) is 0.535. The van der Waals surface area contributed by atoms with Crippen molar-refractivity contribution in [3.8, 4) is 11.5 Å². The number of rotatable bonds is 9. The molecule has 0 N–H and O–H groups in total. The van der Waals surface area contributed by atoms with Gasteiger partial charge in [-0.25, -0.2) is 0 Å². The van der Waals surface area contributed by atoms with E-state index in [0.717, 1.165) is 36.0 Å². The van der Waals surface area contributed by atoms with E-state index in [1.54, 1.807) is 4.90 Å². The van der Waals surface area contributed by atoms with Gasteiger partial charge in [-0.15, -0.1) is 0 Å². The molecular weight excluding hydrogens is 430 g/mol. The number of hydrogen-bond acceptors (Lipinski definition) is 5. The highest BCUT2D eigenvalue weighted by atomic mass is 16.5. The molecule has 0 saturated carbocycles. The second-order valence-corrected chi connectivity index (χ2v) is 8.87. The van der Waals surface area contributed by atoms with Crippen LogP contribution in [0.3, 0.4) is 0 Å². The highest BCUT2D eigenvalue weighted by Crippen LogP contribution is 2.41. The molecule has 1 aliphatic rings. The van der Waals surface area contributed by atoms with Gasteiger partial charge in [0, 0.05) is 6.54 Å². The van der Waals surface area contributed by atoms with Gasteiger partial charge in [0.1, 0.15) is 5.58 Å². The lowest BCUT2D eigenvalue weighted by molar-refractivity contribution is 0.0725. The standard InChI is InChI=1S/C28H33NO5/c1-6-9-12-29-25(19-10-11-20(33-13-7-2)21(16-19)32-8-3)24-26(30)23-18(5)14-17(4)15-22(23)34-27(24)28(29)31/h10-11,14-16,25H,6-9,12-13H2,1-5H3. The number of benzene rings is 2. The Hall–Kier alpha value is -3.28. The maximum atomic E-state index is 13.8. The Kier molecular flexibility index (Phi) is 6.96. The van der Waals surface area contributed by atoms with Crippen LogP contribution in [0.4, 0.5) is 0 Å². The molecule has 34 heavy (non-hydrogen) atoms. The zero-order valence-electron chi connectivity index (χ0n) is 20.7. The topological polar surface area (TPSA) is 69.0 Å². The van der Waals surface area contributed by atoms with Crippen LogP contribution in [0.2, 0.25) is 0 Å². The molecule has 6 nitrogen and oxygen atoms in total. The van der Waals surface area contributed by atoms with Gasteiger partial charge in [0.15, 0.2) is 16.9 Å². The van der Waals surface area contributed by atoms with Gasteiger partial charge in [-0.3, -0.25) is 9.59 Å². The van der Waals surface area contributed by atoms with Crippen molar-refractivity contribution in [1.29, 1.82) is 0 Å². The predicted octanol–water partition coefficient (Wildman–Crippen LogP) is 5.94. The average Bonchev–Trinajstić information content (AvgIpc) is 3.08. The van der Waals surface area contributed by atoms with Gasteiger partial charge in [0.05, 0.1) is 30.2 Å². The van der Waals surface area contributed by atoms with Gasteiger partial charge in [-0.05, 0) is 68.5 Å². The molecule has 2 aromatic carbocycles. The van der Waals surface area contributed by atoms with E-state index in [1.807, 2.05) is 51.1 Å². The Labute approximate surface area is 200 Å². The highest BCUT2D eigenvalue weighted by molar-refractivity contribution is 5.99. The van der Waals surface area contributed by atoms with Crippen LogP contribution >= 0.6 is 0 Å². The quantitative estimate of drug-likeness (QED) is 0.393. The van der Waals surface area contributed by atoms with Crippen molar-refractivity contribution in [1.82, 2.24) is 4.90 Å². The minimum atomic E-state index is -0.533. The van der Waals surface area contributed by atoms with E-state index in [9.17, 15) is 9.59 Å². The minimum absolute atomic E-state index is 0.143. The fourth-order valence-corrected chi connectivity index (χ4v) is 4.71. The van der Waals surface area contributed by atoms with E-state index >= 15 is 0 Å². The smallest absolute Gasteiger partial charge is 0.290 e. The third-order valence-electron chi connectivity index (χ3n) is 6.21. The fourth-order valence-electron chi connectivity index (χ4n) is 4.71. The molecule has 3 aromatic rings. The number of fused-ring (bicyclic) bond motifs is 2. The van der Waals surface area contributed by atoms with Gasteiger partial charge >= 0.3 is 0 Å². The summed E-state index contributed by atoms with van der Waals surface area (Å²) in [6.45, 7) is 11.5. The first-order valence-electron chi connectivity index (χ1n) is 12.2. The Morgan fingerprint density at radius 2 is 1.76 bits per heavy atom. The zero-order chi connectivity index (χ0) is 24.4. The van der Waals surface area contributed by atoms with E-state index in [0.29, 0.717) is 47.8 Å². The number of nitrogens with zero attached hydrogens (tertiary/aromatic N) is 1. The largest absolute Gasteiger partial charge is 0.490 e. The number of aryl methyl sites for hydroxylation is 2. The van der Waals surface area contributed by atoms with Gasteiger partial charge in [-0.1, -0.05) is 32.4 Å². The Balaban J connectivity index is 1.92. The van der Waals surface area contributed by atoms with E-state index in [-0.39, 0.29) is 17.1 Å². The summed E-state index contributed by atoms with van der Waals surface area (Å²) in [5.41, 5.74) is 3.38. The molecule has 1 amide bonds. The van der Waals surface area contributed by atoms with Crippen LogP contribution in [0.1, 0.15) is 78.9 Å². The van der Waals surface area contributed by atoms with Crippen molar-refractivity contribution in [2.45, 2.75) is 59.9 Å². The maximum Gasteiger partial charge on any atom is 0.290 e. The minimum Gasteiger partial charge on any atom is -0.490 e. The number of amides is 1. The number of carbonyl (C=O) groups is 1. The molecule has 2 heterocycles. The van der Waals surface area contributed by atoms with E-state index in [4.69, 9.17) is 13.9 Å². The summed E-state index contributed by atoms with van der Waals surface area (Å²) in [4.78, 5) is 29.1.